The highest BCUT2D eigenvalue weighted by Gasteiger charge is 2.31. The van der Waals surface area contributed by atoms with E-state index in [0.29, 0.717) is 22.7 Å². The van der Waals surface area contributed by atoms with Crippen molar-refractivity contribution < 1.29 is 27.8 Å². The number of nitrogens with zero attached hydrogens (tertiary/aromatic N) is 3. The van der Waals surface area contributed by atoms with Gasteiger partial charge in [0.25, 0.3) is 0 Å². The number of benzene rings is 2. The Balaban J connectivity index is 1.71. The van der Waals surface area contributed by atoms with Crippen LogP contribution in [0.5, 0.6) is 17.4 Å². The summed E-state index contributed by atoms with van der Waals surface area (Å²) in [7, 11) is 3.35. The summed E-state index contributed by atoms with van der Waals surface area (Å²) in [5.41, 5.74) is 2.30. The van der Waals surface area contributed by atoms with Crippen LogP contribution in [0.4, 0.5) is 14.5 Å². The van der Waals surface area contributed by atoms with E-state index < -0.39 is 11.6 Å². The van der Waals surface area contributed by atoms with E-state index in [4.69, 9.17) is 9.47 Å². The number of imide groups is 1. The second-order valence-electron chi connectivity index (χ2n) is 7.85. The molecule has 2 aromatic carbocycles. The Kier molecular flexibility index (Phi) is 5.24. The molecule has 172 valence electrons. The van der Waals surface area contributed by atoms with E-state index in [1.807, 2.05) is 17.8 Å². The van der Waals surface area contributed by atoms with Gasteiger partial charge >= 0.3 is 0 Å². The second kappa shape index (κ2) is 8.26. The Bertz CT molecular complexity index is 1450. The van der Waals surface area contributed by atoms with Crippen LogP contribution in [0, 0.1) is 11.6 Å². The summed E-state index contributed by atoms with van der Waals surface area (Å²) in [6.07, 6.45) is 3.71. The van der Waals surface area contributed by atoms with Crippen LogP contribution in [0.2, 0.25) is 0 Å². The molecule has 2 amide bonds. The standard InChI is InChI=1S/C25H19F2N3O4/c1-29-13-18(16-9-10-28-25(33-2)24(16)29)17-12-15(30-22(31)7-8-23(30)32)4-6-20(17)34-21-5-3-14(26)11-19(21)27/h3-6,9-13H,7-8H2,1-2H3. The van der Waals surface area contributed by atoms with Crippen LogP contribution in [-0.4, -0.2) is 28.5 Å². The number of pyridine rings is 1. The molecule has 34 heavy (non-hydrogen) atoms. The van der Waals surface area contributed by atoms with Gasteiger partial charge in [0.15, 0.2) is 11.6 Å². The van der Waals surface area contributed by atoms with Crippen molar-refractivity contribution in [2.75, 3.05) is 12.0 Å². The molecule has 0 bridgehead atoms. The molecule has 0 aliphatic carbocycles. The zero-order valence-corrected chi connectivity index (χ0v) is 18.3. The highest BCUT2D eigenvalue weighted by atomic mass is 19.1. The minimum Gasteiger partial charge on any atom is -0.479 e. The van der Waals surface area contributed by atoms with Gasteiger partial charge in [0.05, 0.1) is 12.8 Å². The molecule has 0 spiro atoms. The maximum absolute atomic E-state index is 14.4. The molecule has 1 fully saturated rings. The smallest absolute Gasteiger partial charge is 0.238 e. The van der Waals surface area contributed by atoms with E-state index in [1.165, 1.54) is 13.2 Å². The Labute approximate surface area is 193 Å². The van der Waals surface area contributed by atoms with E-state index in [0.717, 1.165) is 27.9 Å². The van der Waals surface area contributed by atoms with E-state index in [-0.39, 0.29) is 36.2 Å². The Morgan fingerprint density at radius 1 is 0.941 bits per heavy atom. The minimum absolute atomic E-state index is 0.143. The first-order valence-electron chi connectivity index (χ1n) is 10.5. The molecular formula is C25H19F2N3O4. The Hall–Kier alpha value is -4.27. The van der Waals surface area contributed by atoms with Gasteiger partial charge in [-0.1, -0.05) is 0 Å². The lowest BCUT2D eigenvalue weighted by atomic mass is 10.0. The quantitative estimate of drug-likeness (QED) is 0.391. The zero-order valence-electron chi connectivity index (χ0n) is 18.3. The second-order valence-corrected chi connectivity index (χ2v) is 7.85. The molecule has 9 heteroatoms. The fraction of sp³-hybridized carbons (Fsp3) is 0.160. The van der Waals surface area contributed by atoms with Crippen molar-refractivity contribution in [2.45, 2.75) is 12.8 Å². The van der Waals surface area contributed by atoms with Gasteiger partial charge in [0.1, 0.15) is 17.1 Å². The first-order chi connectivity index (χ1) is 16.4. The van der Waals surface area contributed by atoms with E-state index in [9.17, 15) is 18.4 Å². The molecule has 4 aromatic rings. The van der Waals surface area contributed by atoms with Gasteiger partial charge in [-0.3, -0.25) is 14.5 Å². The summed E-state index contributed by atoms with van der Waals surface area (Å²) >= 11 is 0. The van der Waals surface area contributed by atoms with Gasteiger partial charge in [-0.05, 0) is 36.4 Å². The molecule has 0 radical (unpaired) electrons. The maximum Gasteiger partial charge on any atom is 0.238 e. The molecule has 1 saturated heterocycles. The summed E-state index contributed by atoms with van der Waals surface area (Å²) in [5.74, 6) is -1.65. The van der Waals surface area contributed by atoms with Gasteiger partial charge in [0.2, 0.25) is 17.7 Å². The van der Waals surface area contributed by atoms with Crippen molar-refractivity contribution in [3.63, 3.8) is 0 Å². The molecule has 2 aromatic heterocycles. The van der Waals surface area contributed by atoms with Crippen molar-refractivity contribution in [1.29, 1.82) is 0 Å². The third-order valence-electron chi connectivity index (χ3n) is 5.73. The molecular weight excluding hydrogens is 444 g/mol. The number of amides is 2. The highest BCUT2D eigenvalue weighted by Crippen LogP contribution is 2.42. The number of ether oxygens (including phenoxy) is 2. The summed E-state index contributed by atoms with van der Waals surface area (Å²) in [6.45, 7) is 0. The fourth-order valence-electron chi connectivity index (χ4n) is 4.18. The SMILES string of the molecule is COc1nccc2c(-c3cc(N4C(=O)CCC4=O)ccc3Oc3ccc(F)cc3F)cn(C)c12. The molecule has 0 atom stereocenters. The van der Waals surface area contributed by atoms with Crippen LogP contribution >= 0.6 is 0 Å². The van der Waals surface area contributed by atoms with Crippen molar-refractivity contribution in [2.24, 2.45) is 7.05 Å². The van der Waals surface area contributed by atoms with Gasteiger partial charge in [-0.15, -0.1) is 0 Å². The van der Waals surface area contributed by atoms with Gasteiger partial charge < -0.3 is 14.0 Å². The molecule has 1 aliphatic heterocycles. The van der Waals surface area contributed by atoms with Crippen LogP contribution in [0.15, 0.2) is 54.9 Å². The number of hydrogen-bond acceptors (Lipinski definition) is 5. The van der Waals surface area contributed by atoms with Crippen molar-refractivity contribution in [3.05, 3.63) is 66.5 Å². The monoisotopic (exact) mass is 463 g/mol. The van der Waals surface area contributed by atoms with E-state index in [1.54, 1.807) is 30.5 Å². The number of halogens is 2. The average Bonchev–Trinajstić information content (AvgIpc) is 3.34. The van der Waals surface area contributed by atoms with Crippen LogP contribution in [0.3, 0.4) is 0 Å². The molecule has 3 heterocycles. The van der Waals surface area contributed by atoms with E-state index in [2.05, 4.69) is 4.98 Å². The summed E-state index contributed by atoms with van der Waals surface area (Å²) in [5, 5.41) is 0.773. The van der Waals surface area contributed by atoms with Crippen LogP contribution in [0.1, 0.15) is 12.8 Å². The van der Waals surface area contributed by atoms with Crippen LogP contribution < -0.4 is 14.4 Å². The average molecular weight is 463 g/mol. The number of anilines is 1. The number of methoxy groups -OCH3 is 1. The predicted octanol–water partition coefficient (Wildman–Crippen LogP) is 4.97. The highest BCUT2D eigenvalue weighted by molar-refractivity contribution is 6.20. The number of fused-ring (bicyclic) bond motifs is 1. The largest absolute Gasteiger partial charge is 0.479 e. The lowest BCUT2D eigenvalue weighted by Gasteiger charge is -2.18. The van der Waals surface area contributed by atoms with Crippen LogP contribution in [0.25, 0.3) is 22.0 Å². The van der Waals surface area contributed by atoms with Crippen molar-refractivity contribution in [3.8, 4) is 28.5 Å². The number of hydrogen-bond donors (Lipinski definition) is 0. The molecule has 0 saturated carbocycles. The van der Waals surface area contributed by atoms with E-state index >= 15 is 0 Å². The topological polar surface area (TPSA) is 73.7 Å². The number of carbonyl (C=O) groups excluding carboxylic acids is 2. The van der Waals surface area contributed by atoms with Crippen LogP contribution in [-0.2, 0) is 16.6 Å². The Morgan fingerprint density at radius 2 is 1.68 bits per heavy atom. The Morgan fingerprint density at radius 3 is 2.38 bits per heavy atom. The fourth-order valence-corrected chi connectivity index (χ4v) is 4.18. The number of carbonyl (C=O) groups is 2. The molecule has 0 N–H and O–H groups in total. The van der Waals surface area contributed by atoms with Gasteiger partial charge in [-0.2, -0.15) is 0 Å². The summed E-state index contributed by atoms with van der Waals surface area (Å²) < 4.78 is 40.8. The first-order valence-corrected chi connectivity index (χ1v) is 10.5. The normalized spacial score (nSPS) is 13.7. The van der Waals surface area contributed by atoms with Crippen molar-refractivity contribution >= 4 is 28.4 Å². The lowest BCUT2D eigenvalue weighted by Crippen LogP contribution is -2.28. The zero-order chi connectivity index (χ0) is 24.0. The molecule has 1 aliphatic rings. The molecule has 0 unspecified atom stereocenters. The summed E-state index contributed by atoms with van der Waals surface area (Å²) in [6, 6.07) is 9.61. The lowest BCUT2D eigenvalue weighted by molar-refractivity contribution is -0.121. The van der Waals surface area contributed by atoms with Gasteiger partial charge in [-0.25, -0.2) is 13.8 Å². The van der Waals surface area contributed by atoms with Gasteiger partial charge in [0, 0.05) is 54.9 Å². The minimum atomic E-state index is -0.858. The van der Waals surface area contributed by atoms with Crippen molar-refractivity contribution in [1.82, 2.24) is 9.55 Å². The molecule has 7 nitrogen and oxygen atoms in total. The number of aromatic nitrogens is 2. The molecule has 5 rings (SSSR count). The predicted molar refractivity (Wildman–Crippen MR) is 121 cm³/mol. The maximum atomic E-state index is 14.4. The number of rotatable bonds is 5. The third kappa shape index (κ3) is 3.55. The summed E-state index contributed by atoms with van der Waals surface area (Å²) in [4.78, 5) is 30.1. The first kappa shape index (κ1) is 21.6. The number of aryl methyl sites for hydroxylation is 1. The third-order valence-corrected chi connectivity index (χ3v) is 5.73.